The molecule has 0 unspecified atom stereocenters. The predicted molar refractivity (Wildman–Crippen MR) is 127 cm³/mol. The molecule has 0 spiro atoms. The van der Waals surface area contributed by atoms with Crippen molar-refractivity contribution in [1.82, 2.24) is 5.06 Å². The summed E-state index contributed by atoms with van der Waals surface area (Å²) in [6, 6.07) is 23.7. The Morgan fingerprint density at radius 2 is 1.66 bits per heavy atom. The second-order valence-corrected chi connectivity index (χ2v) is 9.80. The van der Waals surface area contributed by atoms with Crippen molar-refractivity contribution in [3.63, 3.8) is 0 Å². The summed E-state index contributed by atoms with van der Waals surface area (Å²) in [4.78, 5) is 7.59. The molecular formula is C24H27N3O4S. The van der Waals surface area contributed by atoms with E-state index in [-0.39, 0.29) is 6.61 Å². The fourth-order valence-electron chi connectivity index (χ4n) is 3.73. The molecule has 2 atom stereocenters. The molecular weight excluding hydrogens is 426 g/mol. The van der Waals surface area contributed by atoms with E-state index in [9.17, 15) is 8.42 Å². The van der Waals surface area contributed by atoms with Crippen LogP contribution in [0, 0.1) is 0 Å². The number of ether oxygens (including phenoxy) is 1. The van der Waals surface area contributed by atoms with Crippen LogP contribution in [0.25, 0.3) is 0 Å². The zero-order valence-corrected chi connectivity index (χ0v) is 19.1. The number of rotatable bonds is 7. The first-order valence-corrected chi connectivity index (χ1v) is 11.9. The quantitative estimate of drug-likeness (QED) is 0.576. The fourth-order valence-corrected chi connectivity index (χ4v) is 5.26. The van der Waals surface area contributed by atoms with Gasteiger partial charge in [-0.3, -0.25) is 9.56 Å². The summed E-state index contributed by atoms with van der Waals surface area (Å²) in [5, 5.41) is 0.814. The van der Waals surface area contributed by atoms with E-state index in [0.29, 0.717) is 17.2 Å². The molecule has 32 heavy (non-hydrogen) atoms. The number of hydroxylamine groups is 2. The number of nitrogens with one attached hydrogen (secondary N) is 1. The van der Waals surface area contributed by atoms with Gasteiger partial charge in [0.2, 0.25) is 10.0 Å². The van der Waals surface area contributed by atoms with E-state index in [1.54, 1.807) is 24.2 Å². The number of anilines is 2. The highest BCUT2D eigenvalue weighted by Crippen LogP contribution is 2.36. The summed E-state index contributed by atoms with van der Waals surface area (Å²) in [7, 11) is 1.90. The Morgan fingerprint density at radius 3 is 2.34 bits per heavy atom. The van der Waals surface area contributed by atoms with Crippen LogP contribution in [0.4, 0.5) is 11.4 Å². The standard InChI is InChI=1S/C24H27N3O4S/c1-26(2)20-14-12-19(13-15-20)25-32(28,29)23-17-30-27(3)24(23)18-8-7-11-22(16-18)31-21-9-5-4-6-10-21/h4-16,23-25H,17H2,1-3H3/t23-,24-/m0/s1. The van der Waals surface area contributed by atoms with E-state index in [1.807, 2.05) is 85.7 Å². The third kappa shape index (κ3) is 4.88. The molecule has 1 aliphatic heterocycles. The molecule has 168 valence electrons. The van der Waals surface area contributed by atoms with Crippen molar-refractivity contribution in [2.24, 2.45) is 0 Å². The summed E-state index contributed by atoms with van der Waals surface area (Å²) in [5.74, 6) is 1.35. The SMILES string of the molecule is CN(C)c1ccc(NS(=O)(=O)[C@H]2CON(C)[C@H]2c2cccc(Oc3ccccc3)c2)cc1. The molecule has 4 rings (SSSR count). The molecule has 8 heteroatoms. The van der Waals surface area contributed by atoms with Crippen LogP contribution >= 0.6 is 0 Å². The van der Waals surface area contributed by atoms with Crippen LogP contribution in [0.15, 0.2) is 78.9 Å². The number of hydrogen-bond donors (Lipinski definition) is 1. The molecule has 1 N–H and O–H groups in total. The van der Waals surface area contributed by atoms with E-state index >= 15 is 0 Å². The molecule has 1 fully saturated rings. The van der Waals surface area contributed by atoms with Gasteiger partial charge < -0.3 is 9.64 Å². The van der Waals surface area contributed by atoms with Gasteiger partial charge in [-0.15, -0.1) is 0 Å². The summed E-state index contributed by atoms with van der Waals surface area (Å²) in [6.45, 7) is 0.0655. The van der Waals surface area contributed by atoms with Crippen molar-refractivity contribution in [2.45, 2.75) is 11.3 Å². The molecule has 0 saturated carbocycles. The van der Waals surface area contributed by atoms with Gasteiger partial charge in [-0.1, -0.05) is 30.3 Å². The molecule has 1 heterocycles. The van der Waals surface area contributed by atoms with Crippen molar-refractivity contribution in [3.05, 3.63) is 84.4 Å². The molecule has 1 saturated heterocycles. The topological polar surface area (TPSA) is 71.1 Å². The molecule has 3 aromatic rings. The first-order valence-electron chi connectivity index (χ1n) is 10.3. The first-order chi connectivity index (χ1) is 15.3. The lowest BCUT2D eigenvalue weighted by molar-refractivity contribution is -0.110. The van der Waals surface area contributed by atoms with Crippen LogP contribution in [0.3, 0.4) is 0 Å². The molecule has 7 nitrogen and oxygen atoms in total. The van der Waals surface area contributed by atoms with Gasteiger partial charge in [-0.05, 0) is 54.1 Å². The van der Waals surface area contributed by atoms with Gasteiger partial charge in [0, 0.05) is 32.5 Å². The summed E-state index contributed by atoms with van der Waals surface area (Å²) in [6.07, 6.45) is 0. The Balaban J connectivity index is 1.56. The van der Waals surface area contributed by atoms with Gasteiger partial charge in [0.05, 0.1) is 12.6 Å². The molecule has 0 bridgehead atoms. The minimum atomic E-state index is -3.72. The van der Waals surface area contributed by atoms with Gasteiger partial charge in [-0.2, -0.15) is 5.06 Å². The van der Waals surface area contributed by atoms with Crippen molar-refractivity contribution in [2.75, 3.05) is 37.4 Å². The maximum atomic E-state index is 13.3. The lowest BCUT2D eigenvalue weighted by Gasteiger charge is -2.24. The number of para-hydroxylation sites is 1. The maximum absolute atomic E-state index is 13.3. The lowest BCUT2D eigenvalue weighted by atomic mass is 10.0. The van der Waals surface area contributed by atoms with E-state index in [1.165, 1.54) is 0 Å². The number of hydrogen-bond acceptors (Lipinski definition) is 6. The molecule has 0 aromatic heterocycles. The van der Waals surface area contributed by atoms with Crippen LogP contribution in [0.5, 0.6) is 11.5 Å². The van der Waals surface area contributed by atoms with Crippen LogP contribution in [0.2, 0.25) is 0 Å². The Labute approximate surface area is 189 Å². The monoisotopic (exact) mass is 453 g/mol. The molecule has 1 aliphatic rings. The van der Waals surface area contributed by atoms with Crippen molar-refractivity contribution < 1.29 is 18.0 Å². The normalized spacial score (nSPS) is 19.0. The van der Waals surface area contributed by atoms with Crippen LogP contribution < -0.4 is 14.4 Å². The zero-order chi connectivity index (χ0) is 22.7. The first kappa shape index (κ1) is 22.1. The van der Waals surface area contributed by atoms with Gasteiger partial charge in [0.25, 0.3) is 0 Å². The van der Waals surface area contributed by atoms with E-state index in [2.05, 4.69) is 4.72 Å². The second-order valence-electron chi connectivity index (χ2n) is 7.90. The highest BCUT2D eigenvalue weighted by atomic mass is 32.2. The number of nitrogens with zero attached hydrogens (tertiary/aromatic N) is 2. The Kier molecular flexibility index (Phi) is 6.36. The van der Waals surface area contributed by atoms with E-state index in [4.69, 9.17) is 9.57 Å². The smallest absolute Gasteiger partial charge is 0.239 e. The zero-order valence-electron chi connectivity index (χ0n) is 18.3. The van der Waals surface area contributed by atoms with E-state index < -0.39 is 21.3 Å². The predicted octanol–water partition coefficient (Wildman–Crippen LogP) is 4.27. The molecule has 3 aromatic carbocycles. The van der Waals surface area contributed by atoms with Crippen LogP contribution in [0.1, 0.15) is 11.6 Å². The van der Waals surface area contributed by atoms with E-state index in [0.717, 1.165) is 11.3 Å². The highest BCUT2D eigenvalue weighted by molar-refractivity contribution is 7.93. The van der Waals surface area contributed by atoms with Gasteiger partial charge in [0.15, 0.2) is 0 Å². The Bertz CT molecular complexity index is 1150. The Hall–Kier alpha value is -3.07. The highest BCUT2D eigenvalue weighted by Gasteiger charge is 2.43. The van der Waals surface area contributed by atoms with Crippen molar-refractivity contribution in [1.29, 1.82) is 0 Å². The summed E-state index contributed by atoms with van der Waals surface area (Å²) < 4.78 is 35.2. The van der Waals surface area contributed by atoms with Crippen LogP contribution in [-0.2, 0) is 14.9 Å². The Morgan fingerprint density at radius 1 is 0.969 bits per heavy atom. The average Bonchev–Trinajstić information content (AvgIpc) is 3.17. The van der Waals surface area contributed by atoms with Crippen molar-refractivity contribution in [3.8, 4) is 11.5 Å². The van der Waals surface area contributed by atoms with Gasteiger partial charge >= 0.3 is 0 Å². The molecule has 0 radical (unpaired) electrons. The van der Waals surface area contributed by atoms with Gasteiger partial charge in [0.1, 0.15) is 16.7 Å². The molecule has 0 aliphatic carbocycles. The number of sulfonamides is 1. The summed E-state index contributed by atoms with van der Waals surface area (Å²) >= 11 is 0. The molecule has 0 amide bonds. The second kappa shape index (κ2) is 9.20. The minimum Gasteiger partial charge on any atom is -0.457 e. The largest absolute Gasteiger partial charge is 0.457 e. The minimum absolute atomic E-state index is 0.0655. The number of benzene rings is 3. The third-order valence-corrected chi connectivity index (χ3v) is 7.12. The third-order valence-electron chi connectivity index (χ3n) is 5.41. The summed E-state index contributed by atoms with van der Waals surface area (Å²) in [5.41, 5.74) is 2.31. The van der Waals surface area contributed by atoms with Crippen molar-refractivity contribution >= 4 is 21.4 Å². The lowest BCUT2D eigenvalue weighted by Crippen LogP contribution is -2.34. The van der Waals surface area contributed by atoms with Gasteiger partial charge in [-0.25, -0.2) is 8.42 Å². The van der Waals surface area contributed by atoms with Crippen LogP contribution in [-0.4, -0.2) is 46.5 Å². The fraction of sp³-hybridized carbons (Fsp3) is 0.250. The average molecular weight is 454 g/mol. The maximum Gasteiger partial charge on any atom is 0.239 e.